The van der Waals surface area contributed by atoms with E-state index in [2.05, 4.69) is 27.5 Å². The number of ether oxygens (including phenoxy) is 1. The molecule has 2 aliphatic rings. The normalized spacial score (nSPS) is 26.6. The van der Waals surface area contributed by atoms with Gasteiger partial charge in [0.05, 0.1) is 18.3 Å². The lowest BCUT2D eigenvalue weighted by molar-refractivity contribution is -0.124. The summed E-state index contributed by atoms with van der Waals surface area (Å²) in [5, 5.41) is 11.7. The standard InChI is InChI=1S/C18H24N4O2/c1-22(13-5-11-7-18(23)19-9-12(11)6-13)10-17-15-8-14(24-2)3-4-16(15)20-21-17/h3-4,8,11-13H,5-7,9-10H2,1-2H3,(H,19,23)(H,20,21)/t11-,12+,13-/m0/s1. The fourth-order valence-electron chi connectivity index (χ4n) is 4.26. The van der Waals surface area contributed by atoms with Gasteiger partial charge in [-0.3, -0.25) is 14.8 Å². The lowest BCUT2D eigenvalue weighted by Crippen LogP contribution is -2.38. The molecule has 3 atom stereocenters. The van der Waals surface area contributed by atoms with E-state index in [4.69, 9.17) is 4.74 Å². The molecule has 6 nitrogen and oxygen atoms in total. The molecule has 1 aliphatic carbocycles. The third-order valence-electron chi connectivity index (χ3n) is 5.70. The average molecular weight is 328 g/mol. The van der Waals surface area contributed by atoms with Gasteiger partial charge in [-0.15, -0.1) is 0 Å². The first-order chi connectivity index (χ1) is 11.6. The molecule has 0 spiro atoms. The number of rotatable bonds is 4. The van der Waals surface area contributed by atoms with Gasteiger partial charge < -0.3 is 10.1 Å². The molecular weight excluding hydrogens is 304 g/mol. The van der Waals surface area contributed by atoms with Crippen molar-refractivity contribution in [3.8, 4) is 5.75 Å². The van der Waals surface area contributed by atoms with Gasteiger partial charge in [-0.05, 0) is 49.9 Å². The number of methoxy groups -OCH3 is 1. The van der Waals surface area contributed by atoms with Gasteiger partial charge in [-0.1, -0.05) is 0 Å². The predicted molar refractivity (Wildman–Crippen MR) is 91.7 cm³/mol. The number of hydrogen-bond acceptors (Lipinski definition) is 4. The zero-order chi connectivity index (χ0) is 16.7. The van der Waals surface area contributed by atoms with E-state index in [1.165, 1.54) is 0 Å². The molecular formula is C18H24N4O2. The Bertz CT molecular complexity index is 757. The maximum atomic E-state index is 11.6. The number of carbonyl (C=O) groups excluding carboxylic acids is 1. The highest BCUT2D eigenvalue weighted by molar-refractivity contribution is 5.82. The monoisotopic (exact) mass is 328 g/mol. The fraction of sp³-hybridized carbons (Fsp3) is 0.556. The third-order valence-corrected chi connectivity index (χ3v) is 5.70. The van der Waals surface area contributed by atoms with Crippen molar-refractivity contribution >= 4 is 16.8 Å². The molecule has 0 radical (unpaired) electrons. The molecule has 24 heavy (non-hydrogen) atoms. The molecule has 0 bridgehead atoms. The van der Waals surface area contributed by atoms with Gasteiger partial charge in [0.15, 0.2) is 0 Å². The molecule has 6 heteroatoms. The van der Waals surface area contributed by atoms with Crippen LogP contribution in [-0.4, -0.2) is 47.7 Å². The van der Waals surface area contributed by atoms with Gasteiger partial charge in [0.1, 0.15) is 5.75 Å². The third kappa shape index (κ3) is 2.75. The minimum Gasteiger partial charge on any atom is -0.497 e. The summed E-state index contributed by atoms with van der Waals surface area (Å²) < 4.78 is 5.33. The number of amides is 1. The molecule has 1 aliphatic heterocycles. The van der Waals surface area contributed by atoms with E-state index in [0.29, 0.717) is 24.3 Å². The van der Waals surface area contributed by atoms with Crippen LogP contribution >= 0.6 is 0 Å². The van der Waals surface area contributed by atoms with Crippen LogP contribution in [0.5, 0.6) is 5.75 Å². The Labute approximate surface area is 141 Å². The van der Waals surface area contributed by atoms with Crippen molar-refractivity contribution in [1.29, 1.82) is 0 Å². The molecule has 2 aromatic rings. The zero-order valence-electron chi connectivity index (χ0n) is 14.2. The van der Waals surface area contributed by atoms with Crippen LogP contribution in [0, 0.1) is 11.8 Å². The number of H-pyrrole nitrogens is 1. The van der Waals surface area contributed by atoms with Gasteiger partial charge in [0.25, 0.3) is 0 Å². The lowest BCUT2D eigenvalue weighted by Gasteiger charge is -2.24. The quantitative estimate of drug-likeness (QED) is 0.899. The molecule has 128 valence electrons. The van der Waals surface area contributed by atoms with Crippen LogP contribution in [0.25, 0.3) is 10.9 Å². The van der Waals surface area contributed by atoms with Crippen LogP contribution in [0.2, 0.25) is 0 Å². The summed E-state index contributed by atoms with van der Waals surface area (Å²) in [4.78, 5) is 14.0. The van der Waals surface area contributed by atoms with Gasteiger partial charge >= 0.3 is 0 Å². The van der Waals surface area contributed by atoms with Crippen molar-refractivity contribution in [1.82, 2.24) is 20.4 Å². The summed E-state index contributed by atoms with van der Waals surface area (Å²) in [5.74, 6) is 2.24. The maximum absolute atomic E-state index is 11.6. The average Bonchev–Trinajstić information content (AvgIpc) is 3.18. The van der Waals surface area contributed by atoms with Crippen LogP contribution in [0.15, 0.2) is 18.2 Å². The Hall–Kier alpha value is -2.08. The minimum atomic E-state index is 0.214. The van der Waals surface area contributed by atoms with Crippen molar-refractivity contribution in [3.05, 3.63) is 23.9 Å². The van der Waals surface area contributed by atoms with E-state index in [1.807, 2.05) is 18.2 Å². The first-order valence-electron chi connectivity index (χ1n) is 8.62. The zero-order valence-corrected chi connectivity index (χ0v) is 14.2. The molecule has 1 aromatic carbocycles. The molecule has 1 amide bonds. The lowest BCUT2D eigenvalue weighted by atomic mass is 9.89. The topological polar surface area (TPSA) is 70.2 Å². The number of nitrogens with one attached hydrogen (secondary N) is 2. The molecule has 0 unspecified atom stereocenters. The molecule has 1 saturated heterocycles. The highest BCUT2D eigenvalue weighted by Crippen LogP contribution is 2.38. The second kappa shape index (κ2) is 6.09. The van der Waals surface area contributed by atoms with Crippen LogP contribution < -0.4 is 10.1 Å². The van der Waals surface area contributed by atoms with Crippen LogP contribution in [-0.2, 0) is 11.3 Å². The Balaban J connectivity index is 1.48. The number of carbonyl (C=O) groups is 1. The summed E-state index contributed by atoms with van der Waals surface area (Å²) >= 11 is 0. The minimum absolute atomic E-state index is 0.214. The molecule has 2 heterocycles. The van der Waals surface area contributed by atoms with Gasteiger partial charge in [0.2, 0.25) is 5.91 Å². The number of fused-ring (bicyclic) bond motifs is 2. The van der Waals surface area contributed by atoms with Crippen molar-refractivity contribution < 1.29 is 9.53 Å². The second-order valence-electron chi connectivity index (χ2n) is 7.15. The molecule has 2 N–H and O–H groups in total. The number of piperidine rings is 1. The summed E-state index contributed by atoms with van der Waals surface area (Å²) in [6.07, 6.45) is 2.97. The molecule has 1 saturated carbocycles. The first-order valence-corrected chi connectivity index (χ1v) is 8.62. The Morgan fingerprint density at radius 3 is 3.00 bits per heavy atom. The smallest absolute Gasteiger partial charge is 0.220 e. The largest absolute Gasteiger partial charge is 0.497 e. The van der Waals surface area contributed by atoms with E-state index >= 15 is 0 Å². The van der Waals surface area contributed by atoms with Gasteiger partial charge in [-0.2, -0.15) is 5.10 Å². The van der Waals surface area contributed by atoms with Crippen molar-refractivity contribution in [3.63, 3.8) is 0 Å². The first kappa shape index (κ1) is 15.4. The summed E-state index contributed by atoms with van der Waals surface area (Å²) in [7, 11) is 3.85. The molecule has 4 rings (SSSR count). The van der Waals surface area contributed by atoms with E-state index in [1.54, 1.807) is 7.11 Å². The van der Waals surface area contributed by atoms with E-state index in [0.717, 1.165) is 48.3 Å². The van der Waals surface area contributed by atoms with E-state index in [9.17, 15) is 4.79 Å². The second-order valence-corrected chi connectivity index (χ2v) is 7.15. The summed E-state index contributed by atoms with van der Waals surface area (Å²) in [6.45, 7) is 1.67. The highest BCUT2D eigenvalue weighted by Gasteiger charge is 2.39. The Morgan fingerprint density at radius 1 is 1.33 bits per heavy atom. The molecule has 1 aromatic heterocycles. The Morgan fingerprint density at radius 2 is 2.17 bits per heavy atom. The van der Waals surface area contributed by atoms with Crippen LogP contribution in [0.4, 0.5) is 0 Å². The van der Waals surface area contributed by atoms with Crippen LogP contribution in [0.1, 0.15) is 25.0 Å². The molecule has 2 fully saturated rings. The number of aromatic nitrogens is 2. The number of aromatic amines is 1. The number of hydrogen-bond donors (Lipinski definition) is 2. The van der Waals surface area contributed by atoms with E-state index in [-0.39, 0.29) is 5.91 Å². The number of benzene rings is 1. The SMILES string of the molecule is COc1ccc2n[nH]c(CN(C)[C@H]3C[C@H]4CC(=O)NC[C@H]4C3)c2c1. The number of nitrogens with zero attached hydrogens (tertiary/aromatic N) is 2. The fourth-order valence-corrected chi connectivity index (χ4v) is 4.26. The van der Waals surface area contributed by atoms with Crippen LogP contribution in [0.3, 0.4) is 0 Å². The van der Waals surface area contributed by atoms with Gasteiger partial charge in [-0.25, -0.2) is 0 Å². The predicted octanol–water partition coefficient (Wildman–Crippen LogP) is 1.92. The van der Waals surface area contributed by atoms with E-state index < -0.39 is 0 Å². The maximum Gasteiger partial charge on any atom is 0.220 e. The van der Waals surface area contributed by atoms with Crippen molar-refractivity contribution in [2.24, 2.45) is 11.8 Å². The summed E-state index contributed by atoms with van der Waals surface area (Å²) in [6, 6.07) is 6.48. The Kier molecular flexibility index (Phi) is 3.92. The summed E-state index contributed by atoms with van der Waals surface area (Å²) in [5.41, 5.74) is 2.09. The van der Waals surface area contributed by atoms with Crippen molar-refractivity contribution in [2.45, 2.75) is 31.8 Å². The highest BCUT2D eigenvalue weighted by atomic mass is 16.5. The van der Waals surface area contributed by atoms with Gasteiger partial charge in [0, 0.05) is 30.9 Å². The van der Waals surface area contributed by atoms with Crippen molar-refractivity contribution in [2.75, 3.05) is 20.7 Å².